The average Bonchev–Trinajstić information content (AvgIpc) is 2.88. The first-order chi connectivity index (χ1) is 8.70. The van der Waals surface area contributed by atoms with Gasteiger partial charge in [0.15, 0.2) is 5.82 Å². The van der Waals surface area contributed by atoms with Crippen LogP contribution in [-0.2, 0) is 21.6 Å². The Labute approximate surface area is 106 Å². The molecular formula is C12H19N3O3. The number of carbonyl (C=O) groups excluding carboxylic acids is 1. The van der Waals surface area contributed by atoms with Crippen LogP contribution < -0.4 is 5.32 Å². The first-order valence-corrected chi connectivity index (χ1v) is 6.29. The highest BCUT2D eigenvalue weighted by atomic mass is 16.5. The van der Waals surface area contributed by atoms with Gasteiger partial charge in [-0.2, -0.15) is 4.98 Å². The molecule has 1 fully saturated rings. The van der Waals surface area contributed by atoms with Crippen molar-refractivity contribution in [3.63, 3.8) is 0 Å². The number of aromatic nitrogens is 2. The van der Waals surface area contributed by atoms with E-state index in [-0.39, 0.29) is 12.3 Å². The number of likely N-dealkylation sites (N-methyl/N-ethyl adjacent to an activating group) is 1. The van der Waals surface area contributed by atoms with E-state index in [1.54, 1.807) is 14.2 Å². The van der Waals surface area contributed by atoms with Gasteiger partial charge >= 0.3 is 0 Å². The quantitative estimate of drug-likeness (QED) is 0.871. The summed E-state index contributed by atoms with van der Waals surface area (Å²) in [5.41, 5.74) is -0.452. The van der Waals surface area contributed by atoms with Crippen LogP contribution in [0.1, 0.15) is 43.8 Å². The monoisotopic (exact) mass is 253 g/mol. The van der Waals surface area contributed by atoms with E-state index in [1.165, 1.54) is 6.42 Å². The van der Waals surface area contributed by atoms with Gasteiger partial charge in [0.1, 0.15) is 5.60 Å². The summed E-state index contributed by atoms with van der Waals surface area (Å²) >= 11 is 0. The molecule has 2 rings (SSSR count). The fourth-order valence-electron chi connectivity index (χ4n) is 2.37. The van der Waals surface area contributed by atoms with Gasteiger partial charge < -0.3 is 14.6 Å². The Balaban J connectivity index is 2.14. The van der Waals surface area contributed by atoms with Crippen molar-refractivity contribution in [2.75, 3.05) is 14.2 Å². The number of amides is 1. The molecule has 0 spiro atoms. The molecule has 0 bridgehead atoms. The van der Waals surface area contributed by atoms with Crippen molar-refractivity contribution in [2.45, 2.75) is 44.1 Å². The molecule has 1 saturated carbocycles. The number of hydrogen-bond donors (Lipinski definition) is 1. The Morgan fingerprint density at radius 1 is 1.44 bits per heavy atom. The van der Waals surface area contributed by atoms with Gasteiger partial charge in [-0.05, 0) is 12.8 Å². The predicted octanol–water partition coefficient (Wildman–Crippen LogP) is 1.16. The minimum atomic E-state index is -0.452. The summed E-state index contributed by atoms with van der Waals surface area (Å²) in [6.07, 6.45) is 5.34. The van der Waals surface area contributed by atoms with Crippen LogP contribution in [0, 0.1) is 0 Å². The molecule has 18 heavy (non-hydrogen) atoms. The van der Waals surface area contributed by atoms with Gasteiger partial charge in [-0.1, -0.05) is 24.4 Å². The van der Waals surface area contributed by atoms with Gasteiger partial charge in [-0.15, -0.1) is 0 Å². The number of ether oxygens (including phenoxy) is 1. The third kappa shape index (κ3) is 2.53. The molecule has 0 unspecified atom stereocenters. The fourth-order valence-corrected chi connectivity index (χ4v) is 2.37. The van der Waals surface area contributed by atoms with Crippen molar-refractivity contribution in [3.05, 3.63) is 11.7 Å². The van der Waals surface area contributed by atoms with Crippen molar-refractivity contribution >= 4 is 5.91 Å². The maximum Gasteiger partial charge on any atom is 0.258 e. The lowest BCUT2D eigenvalue weighted by atomic mass is 9.84. The van der Waals surface area contributed by atoms with E-state index in [1.807, 2.05) is 0 Å². The zero-order valence-electron chi connectivity index (χ0n) is 10.9. The van der Waals surface area contributed by atoms with E-state index in [0.29, 0.717) is 11.7 Å². The standard InChI is InChI=1S/C12H19N3O3/c1-13-10(16)8-9-14-11(18-15-9)12(17-2)6-4-3-5-7-12/h3-8H2,1-2H3,(H,13,16). The Morgan fingerprint density at radius 2 is 2.17 bits per heavy atom. The largest absolute Gasteiger partial charge is 0.368 e. The minimum absolute atomic E-state index is 0.127. The van der Waals surface area contributed by atoms with Gasteiger partial charge in [0, 0.05) is 14.2 Å². The predicted molar refractivity (Wildman–Crippen MR) is 63.8 cm³/mol. The molecule has 1 heterocycles. The summed E-state index contributed by atoms with van der Waals surface area (Å²) < 4.78 is 10.9. The molecule has 100 valence electrons. The highest BCUT2D eigenvalue weighted by Gasteiger charge is 2.39. The number of carbonyl (C=O) groups is 1. The van der Waals surface area contributed by atoms with Gasteiger partial charge in [-0.25, -0.2) is 0 Å². The highest BCUT2D eigenvalue weighted by Crippen LogP contribution is 2.39. The maximum absolute atomic E-state index is 11.3. The van der Waals surface area contributed by atoms with Crippen molar-refractivity contribution in [1.29, 1.82) is 0 Å². The van der Waals surface area contributed by atoms with Crippen LogP contribution in [0.5, 0.6) is 0 Å². The second kappa shape index (κ2) is 5.48. The molecule has 1 N–H and O–H groups in total. The molecule has 0 saturated heterocycles. The molecular weight excluding hydrogens is 234 g/mol. The summed E-state index contributed by atoms with van der Waals surface area (Å²) in [5.74, 6) is 0.785. The number of rotatable bonds is 4. The van der Waals surface area contributed by atoms with Crippen molar-refractivity contribution in [1.82, 2.24) is 15.5 Å². The molecule has 1 aromatic heterocycles. The summed E-state index contributed by atoms with van der Waals surface area (Å²) in [6, 6.07) is 0. The number of nitrogens with zero attached hydrogens (tertiary/aromatic N) is 2. The third-order valence-electron chi connectivity index (χ3n) is 3.51. The fraction of sp³-hybridized carbons (Fsp3) is 0.750. The third-order valence-corrected chi connectivity index (χ3v) is 3.51. The van der Waals surface area contributed by atoms with Crippen LogP contribution in [0.3, 0.4) is 0 Å². The van der Waals surface area contributed by atoms with E-state index in [9.17, 15) is 4.79 Å². The Kier molecular flexibility index (Phi) is 3.96. The van der Waals surface area contributed by atoms with Gasteiger partial charge in [0.25, 0.3) is 5.89 Å². The Hall–Kier alpha value is -1.43. The maximum atomic E-state index is 11.3. The summed E-state index contributed by atoms with van der Waals surface area (Å²) in [6.45, 7) is 0. The van der Waals surface area contributed by atoms with Gasteiger partial charge in [0.05, 0.1) is 6.42 Å². The van der Waals surface area contributed by atoms with E-state index >= 15 is 0 Å². The lowest BCUT2D eigenvalue weighted by molar-refractivity contribution is -0.120. The van der Waals surface area contributed by atoms with E-state index < -0.39 is 5.60 Å². The average molecular weight is 253 g/mol. The number of nitrogens with one attached hydrogen (secondary N) is 1. The molecule has 1 aromatic rings. The van der Waals surface area contributed by atoms with Crippen LogP contribution in [0.4, 0.5) is 0 Å². The minimum Gasteiger partial charge on any atom is -0.368 e. The van der Waals surface area contributed by atoms with Gasteiger partial charge in [-0.3, -0.25) is 4.79 Å². The van der Waals surface area contributed by atoms with Crippen LogP contribution in [0.25, 0.3) is 0 Å². The molecule has 1 aliphatic carbocycles. The number of hydrogen-bond acceptors (Lipinski definition) is 5. The Morgan fingerprint density at radius 3 is 2.78 bits per heavy atom. The summed E-state index contributed by atoms with van der Waals surface area (Å²) in [4.78, 5) is 15.6. The molecule has 0 aliphatic heterocycles. The zero-order valence-corrected chi connectivity index (χ0v) is 10.9. The molecule has 6 heteroatoms. The van der Waals surface area contributed by atoms with E-state index in [4.69, 9.17) is 9.26 Å². The van der Waals surface area contributed by atoms with Crippen LogP contribution in [0.15, 0.2) is 4.52 Å². The van der Waals surface area contributed by atoms with Crippen LogP contribution >= 0.6 is 0 Å². The molecule has 1 amide bonds. The second-order valence-corrected chi connectivity index (χ2v) is 4.62. The topological polar surface area (TPSA) is 77.2 Å². The first-order valence-electron chi connectivity index (χ1n) is 6.29. The SMILES string of the molecule is CNC(=O)Cc1noc(C2(OC)CCCCC2)n1. The molecule has 0 radical (unpaired) electrons. The van der Waals surface area contributed by atoms with Gasteiger partial charge in [0.2, 0.25) is 5.91 Å². The normalized spacial score (nSPS) is 18.6. The van der Waals surface area contributed by atoms with Crippen molar-refractivity contribution in [2.24, 2.45) is 0 Å². The van der Waals surface area contributed by atoms with Crippen LogP contribution in [-0.4, -0.2) is 30.2 Å². The summed E-state index contributed by atoms with van der Waals surface area (Å²) in [5, 5.41) is 6.38. The summed E-state index contributed by atoms with van der Waals surface area (Å²) in [7, 11) is 3.26. The van der Waals surface area contributed by atoms with Crippen LogP contribution in [0.2, 0.25) is 0 Å². The molecule has 1 aliphatic rings. The first kappa shape index (κ1) is 13.0. The smallest absolute Gasteiger partial charge is 0.258 e. The van der Waals surface area contributed by atoms with E-state index in [2.05, 4.69) is 15.5 Å². The molecule has 6 nitrogen and oxygen atoms in total. The lowest BCUT2D eigenvalue weighted by Crippen LogP contribution is -2.31. The Bertz CT molecular complexity index is 410. The highest BCUT2D eigenvalue weighted by molar-refractivity contribution is 5.77. The lowest BCUT2D eigenvalue weighted by Gasteiger charge is -2.32. The van der Waals surface area contributed by atoms with Crippen molar-refractivity contribution < 1.29 is 14.1 Å². The van der Waals surface area contributed by atoms with E-state index in [0.717, 1.165) is 25.7 Å². The van der Waals surface area contributed by atoms with Crippen molar-refractivity contribution in [3.8, 4) is 0 Å². The molecule has 0 aromatic carbocycles. The second-order valence-electron chi connectivity index (χ2n) is 4.62. The number of methoxy groups -OCH3 is 1. The molecule has 0 atom stereocenters. The zero-order chi connectivity index (χ0) is 13.0.